The van der Waals surface area contributed by atoms with Gasteiger partial charge in [-0.25, -0.2) is 8.42 Å². The molecule has 0 heterocycles. The van der Waals surface area contributed by atoms with Crippen molar-refractivity contribution in [1.29, 1.82) is 0 Å². The Balaban J connectivity index is 2.13. The van der Waals surface area contributed by atoms with Gasteiger partial charge in [0.1, 0.15) is 0 Å². The van der Waals surface area contributed by atoms with Crippen LogP contribution in [0, 0.1) is 3.57 Å². The lowest BCUT2D eigenvalue weighted by atomic mass is 10.1. The fourth-order valence-electron chi connectivity index (χ4n) is 1.87. The van der Waals surface area contributed by atoms with Crippen molar-refractivity contribution >= 4 is 38.3 Å². The normalized spacial score (nSPS) is 11.3. The minimum Gasteiger partial charge on any atom is -0.330 e. The zero-order chi connectivity index (χ0) is 15.3. The first-order chi connectivity index (χ1) is 10.0. The number of nitrogens with one attached hydrogen (secondary N) is 1. The second kappa shape index (κ2) is 7.24. The summed E-state index contributed by atoms with van der Waals surface area (Å²) < 4.78 is 28.2. The van der Waals surface area contributed by atoms with E-state index in [1.807, 2.05) is 24.3 Å². The van der Waals surface area contributed by atoms with Gasteiger partial charge in [0.2, 0.25) is 0 Å². The number of benzene rings is 2. The lowest BCUT2D eigenvalue weighted by molar-refractivity contribution is 0.601. The Morgan fingerprint density at radius 1 is 1.00 bits per heavy atom. The molecule has 0 saturated carbocycles. The molecule has 3 N–H and O–H groups in total. The van der Waals surface area contributed by atoms with E-state index in [0.717, 1.165) is 22.0 Å². The van der Waals surface area contributed by atoms with Crippen LogP contribution in [0.4, 0.5) is 5.69 Å². The van der Waals surface area contributed by atoms with E-state index in [9.17, 15) is 8.42 Å². The molecule has 0 aliphatic heterocycles. The first-order valence-corrected chi connectivity index (χ1v) is 9.15. The van der Waals surface area contributed by atoms with E-state index in [1.165, 1.54) is 0 Å². The smallest absolute Gasteiger partial charge is 0.261 e. The van der Waals surface area contributed by atoms with Crippen molar-refractivity contribution in [2.24, 2.45) is 5.73 Å². The summed E-state index contributed by atoms with van der Waals surface area (Å²) in [6.45, 7) is 0.633. The lowest BCUT2D eigenvalue weighted by Crippen LogP contribution is -2.13. The van der Waals surface area contributed by atoms with Gasteiger partial charge in [-0.2, -0.15) is 0 Å². The van der Waals surface area contributed by atoms with E-state index in [0.29, 0.717) is 12.2 Å². The van der Waals surface area contributed by atoms with Crippen LogP contribution < -0.4 is 10.5 Å². The molecule has 0 aliphatic carbocycles. The Morgan fingerprint density at radius 3 is 2.19 bits per heavy atom. The molecule has 6 heteroatoms. The van der Waals surface area contributed by atoms with E-state index in [1.54, 1.807) is 24.3 Å². The molecule has 0 unspecified atom stereocenters. The molecule has 2 aromatic rings. The van der Waals surface area contributed by atoms with Crippen LogP contribution in [0.3, 0.4) is 0 Å². The second-order valence-electron chi connectivity index (χ2n) is 4.65. The number of anilines is 1. The summed E-state index contributed by atoms with van der Waals surface area (Å²) in [5, 5.41) is 0. The SMILES string of the molecule is NCCCc1ccc(S(=O)(=O)Nc2ccc(I)cc2)cc1. The van der Waals surface area contributed by atoms with E-state index >= 15 is 0 Å². The Labute approximate surface area is 138 Å². The minimum absolute atomic E-state index is 0.262. The van der Waals surface area contributed by atoms with E-state index in [-0.39, 0.29) is 4.90 Å². The largest absolute Gasteiger partial charge is 0.330 e. The quantitative estimate of drug-likeness (QED) is 0.712. The van der Waals surface area contributed by atoms with Gasteiger partial charge in [-0.15, -0.1) is 0 Å². The summed E-state index contributed by atoms with van der Waals surface area (Å²) in [6.07, 6.45) is 1.76. The maximum Gasteiger partial charge on any atom is 0.261 e. The second-order valence-corrected chi connectivity index (χ2v) is 7.58. The van der Waals surface area contributed by atoms with Gasteiger partial charge >= 0.3 is 0 Å². The maximum absolute atomic E-state index is 12.3. The van der Waals surface area contributed by atoms with Crippen molar-refractivity contribution in [2.75, 3.05) is 11.3 Å². The van der Waals surface area contributed by atoms with Crippen LogP contribution in [0.1, 0.15) is 12.0 Å². The average Bonchev–Trinajstić information content (AvgIpc) is 2.48. The molecule has 4 nitrogen and oxygen atoms in total. The molecule has 0 amide bonds. The molecule has 0 saturated heterocycles. The van der Waals surface area contributed by atoms with Crippen molar-refractivity contribution in [3.63, 3.8) is 0 Å². The zero-order valence-electron chi connectivity index (χ0n) is 11.4. The average molecular weight is 416 g/mol. The molecule has 0 aliphatic rings. The maximum atomic E-state index is 12.3. The van der Waals surface area contributed by atoms with Gasteiger partial charge < -0.3 is 5.73 Å². The van der Waals surface area contributed by atoms with Crippen molar-refractivity contribution in [1.82, 2.24) is 0 Å². The van der Waals surface area contributed by atoms with Crippen LogP contribution in [0.25, 0.3) is 0 Å². The summed E-state index contributed by atoms with van der Waals surface area (Å²) >= 11 is 2.17. The predicted molar refractivity (Wildman–Crippen MR) is 93.8 cm³/mol. The highest BCUT2D eigenvalue weighted by molar-refractivity contribution is 14.1. The fraction of sp³-hybridized carbons (Fsp3) is 0.200. The Kier molecular flexibility index (Phi) is 5.60. The topological polar surface area (TPSA) is 72.2 Å². The molecule has 0 spiro atoms. The molecule has 2 aromatic carbocycles. The van der Waals surface area contributed by atoms with Gasteiger partial charge in [-0.05, 0) is 83.9 Å². The highest BCUT2D eigenvalue weighted by Gasteiger charge is 2.13. The highest BCUT2D eigenvalue weighted by Crippen LogP contribution is 2.18. The number of hydrogen-bond acceptors (Lipinski definition) is 3. The van der Waals surface area contributed by atoms with Gasteiger partial charge in [0, 0.05) is 9.26 Å². The van der Waals surface area contributed by atoms with Gasteiger partial charge in [-0.3, -0.25) is 4.72 Å². The Morgan fingerprint density at radius 2 is 1.62 bits per heavy atom. The molecule has 21 heavy (non-hydrogen) atoms. The summed E-state index contributed by atoms with van der Waals surface area (Å²) in [5.41, 5.74) is 7.11. The van der Waals surface area contributed by atoms with Crippen molar-refractivity contribution in [2.45, 2.75) is 17.7 Å². The lowest BCUT2D eigenvalue weighted by Gasteiger charge is -2.09. The van der Waals surface area contributed by atoms with Gasteiger partial charge in [0.15, 0.2) is 0 Å². The summed E-state index contributed by atoms with van der Waals surface area (Å²) in [5.74, 6) is 0. The molecule has 2 rings (SSSR count). The molecule has 0 radical (unpaired) electrons. The standard InChI is InChI=1S/C15H17IN2O2S/c16-13-5-7-14(8-6-13)18-21(19,20)15-9-3-12(4-10-15)2-1-11-17/h3-10,18H,1-2,11,17H2. The van der Waals surface area contributed by atoms with E-state index in [2.05, 4.69) is 27.3 Å². The number of hydrogen-bond donors (Lipinski definition) is 2. The van der Waals surface area contributed by atoms with Crippen LogP contribution in [0.2, 0.25) is 0 Å². The first-order valence-electron chi connectivity index (χ1n) is 6.59. The number of aryl methyl sites for hydroxylation is 1. The van der Waals surface area contributed by atoms with E-state index < -0.39 is 10.0 Å². The number of halogens is 1. The molecule has 0 bridgehead atoms. The monoisotopic (exact) mass is 416 g/mol. The van der Waals surface area contributed by atoms with Gasteiger partial charge in [0.05, 0.1) is 4.90 Å². The summed E-state index contributed by atoms with van der Waals surface area (Å²) in [6, 6.07) is 14.1. The number of nitrogens with two attached hydrogens (primary N) is 1. The third-order valence-electron chi connectivity index (χ3n) is 3.00. The van der Waals surface area contributed by atoms with Gasteiger partial charge in [0.25, 0.3) is 10.0 Å². The van der Waals surface area contributed by atoms with Crippen LogP contribution in [0.5, 0.6) is 0 Å². The van der Waals surface area contributed by atoms with Crippen LogP contribution in [-0.4, -0.2) is 15.0 Å². The van der Waals surface area contributed by atoms with Crippen molar-refractivity contribution in [3.8, 4) is 0 Å². The molecule has 0 atom stereocenters. The Bertz CT molecular complexity index is 683. The Hall–Kier alpha value is -1.12. The molecular weight excluding hydrogens is 399 g/mol. The molecule has 112 valence electrons. The van der Waals surface area contributed by atoms with Crippen LogP contribution in [0.15, 0.2) is 53.4 Å². The zero-order valence-corrected chi connectivity index (χ0v) is 14.4. The first kappa shape index (κ1) is 16.3. The molecule has 0 fully saturated rings. The third kappa shape index (κ3) is 4.69. The predicted octanol–water partition coefficient (Wildman–Crippen LogP) is 2.98. The van der Waals surface area contributed by atoms with Crippen molar-refractivity contribution in [3.05, 3.63) is 57.7 Å². The fourth-order valence-corrected chi connectivity index (χ4v) is 3.29. The minimum atomic E-state index is -3.54. The highest BCUT2D eigenvalue weighted by atomic mass is 127. The number of sulfonamides is 1. The van der Waals surface area contributed by atoms with Crippen molar-refractivity contribution < 1.29 is 8.42 Å². The van der Waals surface area contributed by atoms with E-state index in [4.69, 9.17) is 5.73 Å². The van der Waals surface area contributed by atoms with Gasteiger partial charge in [-0.1, -0.05) is 12.1 Å². The third-order valence-corrected chi connectivity index (χ3v) is 5.12. The summed E-state index contributed by atoms with van der Waals surface area (Å²) in [7, 11) is -3.54. The van der Waals surface area contributed by atoms with Crippen LogP contribution in [-0.2, 0) is 16.4 Å². The molecule has 0 aromatic heterocycles. The number of rotatable bonds is 6. The molecular formula is C15H17IN2O2S. The van der Waals surface area contributed by atoms with Crippen LogP contribution >= 0.6 is 22.6 Å². The summed E-state index contributed by atoms with van der Waals surface area (Å²) in [4.78, 5) is 0.262.